The van der Waals surface area contributed by atoms with Gasteiger partial charge in [-0.2, -0.15) is 0 Å². The number of allylic oxidation sites excluding steroid dienone is 2. The van der Waals surface area contributed by atoms with Gasteiger partial charge in [-0.25, -0.2) is 0 Å². The average molecular weight is 160 g/mol. The van der Waals surface area contributed by atoms with Crippen molar-refractivity contribution < 1.29 is 0 Å². The number of nitrogens with one attached hydrogen (secondary N) is 1. The van der Waals surface area contributed by atoms with E-state index in [1.165, 1.54) is 0 Å². The molecule has 0 saturated heterocycles. The molecule has 0 spiro atoms. The van der Waals surface area contributed by atoms with Gasteiger partial charge in [-0.05, 0) is 25.3 Å². The van der Waals surface area contributed by atoms with Gasteiger partial charge in [0.1, 0.15) is 0 Å². The van der Waals surface area contributed by atoms with Crippen LogP contribution >= 0.6 is 11.6 Å². The Morgan fingerprint density at radius 2 is 2.30 bits per heavy atom. The fourth-order valence-corrected chi connectivity index (χ4v) is 0.898. The van der Waals surface area contributed by atoms with Gasteiger partial charge >= 0.3 is 0 Å². The zero-order chi connectivity index (χ0) is 7.98. The summed E-state index contributed by atoms with van der Waals surface area (Å²) in [5.74, 6) is 1.09. The van der Waals surface area contributed by atoms with E-state index in [-0.39, 0.29) is 0 Å². The molecule has 10 heavy (non-hydrogen) atoms. The SMILES string of the molecule is CCC(/C=C\C(C)=N)CCl. The first-order valence-electron chi connectivity index (χ1n) is 3.50. The smallest absolute Gasteiger partial charge is 0.0286 e. The number of hydrogen-bond donors (Lipinski definition) is 1. The minimum absolute atomic E-state index is 0.432. The predicted octanol–water partition coefficient (Wildman–Crippen LogP) is 2.85. The van der Waals surface area contributed by atoms with E-state index in [1.54, 1.807) is 13.0 Å². The van der Waals surface area contributed by atoms with Crippen LogP contribution in [0.1, 0.15) is 20.3 Å². The molecular formula is C8H14ClN. The fraction of sp³-hybridized carbons (Fsp3) is 0.625. The van der Waals surface area contributed by atoms with Crippen LogP contribution in [0.25, 0.3) is 0 Å². The highest BCUT2D eigenvalue weighted by molar-refractivity contribution is 6.18. The second-order valence-electron chi connectivity index (χ2n) is 2.36. The number of hydrogen-bond acceptors (Lipinski definition) is 1. The van der Waals surface area contributed by atoms with Crippen LogP contribution in [0.15, 0.2) is 12.2 Å². The quantitative estimate of drug-likeness (QED) is 0.482. The van der Waals surface area contributed by atoms with Crippen LogP contribution in [0.5, 0.6) is 0 Å². The van der Waals surface area contributed by atoms with Crippen molar-refractivity contribution in [2.24, 2.45) is 5.92 Å². The van der Waals surface area contributed by atoms with Crippen molar-refractivity contribution in [2.45, 2.75) is 20.3 Å². The van der Waals surface area contributed by atoms with Gasteiger partial charge in [0.05, 0.1) is 0 Å². The maximum Gasteiger partial charge on any atom is 0.0286 e. The molecule has 1 N–H and O–H groups in total. The van der Waals surface area contributed by atoms with Gasteiger partial charge in [0, 0.05) is 11.6 Å². The Bertz CT molecular complexity index is 125. The van der Waals surface area contributed by atoms with E-state index in [1.807, 2.05) is 6.08 Å². The summed E-state index contributed by atoms with van der Waals surface area (Å²) in [6, 6.07) is 0. The Labute approximate surface area is 67.6 Å². The minimum atomic E-state index is 0.432. The van der Waals surface area contributed by atoms with Gasteiger partial charge in [-0.3, -0.25) is 0 Å². The van der Waals surface area contributed by atoms with Crippen molar-refractivity contribution in [3.63, 3.8) is 0 Å². The van der Waals surface area contributed by atoms with E-state index >= 15 is 0 Å². The molecule has 0 aromatic heterocycles. The summed E-state index contributed by atoms with van der Waals surface area (Å²) in [6.45, 7) is 3.86. The van der Waals surface area contributed by atoms with Crippen LogP contribution in [-0.4, -0.2) is 11.6 Å². The summed E-state index contributed by atoms with van der Waals surface area (Å²) in [7, 11) is 0. The second kappa shape index (κ2) is 5.48. The monoisotopic (exact) mass is 159 g/mol. The molecule has 0 saturated carbocycles. The molecular weight excluding hydrogens is 146 g/mol. The first kappa shape index (κ1) is 9.70. The van der Waals surface area contributed by atoms with Gasteiger partial charge in [0.15, 0.2) is 0 Å². The first-order valence-corrected chi connectivity index (χ1v) is 4.03. The highest BCUT2D eigenvalue weighted by Crippen LogP contribution is 2.06. The molecule has 58 valence electrons. The van der Waals surface area contributed by atoms with Crippen LogP contribution in [0.2, 0.25) is 0 Å². The molecule has 0 aromatic rings. The zero-order valence-electron chi connectivity index (χ0n) is 6.52. The Morgan fingerprint density at radius 3 is 2.60 bits per heavy atom. The Balaban J connectivity index is 3.72. The van der Waals surface area contributed by atoms with Crippen molar-refractivity contribution in [1.29, 1.82) is 5.41 Å². The third-order valence-corrected chi connectivity index (χ3v) is 1.74. The lowest BCUT2D eigenvalue weighted by molar-refractivity contribution is 0.706. The number of alkyl halides is 1. The molecule has 0 aliphatic carbocycles. The summed E-state index contributed by atoms with van der Waals surface area (Å²) in [6.07, 6.45) is 4.85. The van der Waals surface area contributed by atoms with Crippen molar-refractivity contribution in [3.05, 3.63) is 12.2 Å². The maximum atomic E-state index is 7.11. The van der Waals surface area contributed by atoms with Gasteiger partial charge in [-0.1, -0.05) is 13.0 Å². The van der Waals surface area contributed by atoms with Crippen LogP contribution in [0.3, 0.4) is 0 Å². The fourth-order valence-electron chi connectivity index (χ4n) is 0.577. The maximum absolute atomic E-state index is 7.11. The third-order valence-electron chi connectivity index (χ3n) is 1.34. The molecule has 1 atom stereocenters. The normalized spacial score (nSPS) is 13.9. The van der Waals surface area contributed by atoms with Crippen molar-refractivity contribution in [2.75, 3.05) is 5.88 Å². The summed E-state index contributed by atoms with van der Waals surface area (Å²) < 4.78 is 0. The summed E-state index contributed by atoms with van der Waals surface area (Å²) in [4.78, 5) is 0. The molecule has 0 heterocycles. The van der Waals surface area contributed by atoms with Crippen LogP contribution < -0.4 is 0 Å². The summed E-state index contributed by atoms with van der Waals surface area (Å²) in [5.41, 5.74) is 0.587. The second-order valence-corrected chi connectivity index (χ2v) is 2.67. The average Bonchev–Trinajstić information content (AvgIpc) is 1.90. The molecule has 0 rings (SSSR count). The van der Waals surface area contributed by atoms with Crippen LogP contribution in [-0.2, 0) is 0 Å². The summed E-state index contributed by atoms with van der Waals surface area (Å²) >= 11 is 5.63. The van der Waals surface area contributed by atoms with Crippen molar-refractivity contribution >= 4 is 17.3 Å². The third kappa shape index (κ3) is 4.57. The molecule has 0 radical (unpaired) electrons. The number of rotatable bonds is 4. The van der Waals surface area contributed by atoms with Gasteiger partial charge in [0.2, 0.25) is 0 Å². The Kier molecular flexibility index (Phi) is 5.32. The van der Waals surface area contributed by atoms with Gasteiger partial charge in [0.25, 0.3) is 0 Å². The van der Waals surface area contributed by atoms with E-state index in [4.69, 9.17) is 17.0 Å². The minimum Gasteiger partial charge on any atom is -0.306 e. The molecule has 1 unspecified atom stereocenters. The summed E-state index contributed by atoms with van der Waals surface area (Å²) in [5, 5.41) is 7.11. The Morgan fingerprint density at radius 1 is 1.70 bits per heavy atom. The standard InChI is InChI=1S/C8H14ClN/c1-3-8(6-9)5-4-7(2)10/h4-5,8,10H,3,6H2,1-2H3/b5-4-,10-7?. The molecule has 0 aliphatic heterocycles. The first-order chi connectivity index (χ1) is 4.70. The largest absolute Gasteiger partial charge is 0.306 e. The van der Waals surface area contributed by atoms with E-state index in [9.17, 15) is 0 Å². The molecule has 0 amide bonds. The molecule has 0 fully saturated rings. The van der Waals surface area contributed by atoms with Crippen LogP contribution in [0.4, 0.5) is 0 Å². The highest BCUT2D eigenvalue weighted by atomic mass is 35.5. The predicted molar refractivity (Wildman–Crippen MR) is 47.0 cm³/mol. The van der Waals surface area contributed by atoms with E-state index in [0.29, 0.717) is 17.5 Å². The van der Waals surface area contributed by atoms with Gasteiger partial charge in [-0.15, -0.1) is 11.6 Å². The van der Waals surface area contributed by atoms with Crippen molar-refractivity contribution in [3.8, 4) is 0 Å². The van der Waals surface area contributed by atoms with Crippen molar-refractivity contribution in [1.82, 2.24) is 0 Å². The van der Waals surface area contributed by atoms with Gasteiger partial charge < -0.3 is 5.41 Å². The van der Waals surface area contributed by atoms with Crippen LogP contribution in [0, 0.1) is 11.3 Å². The number of halogens is 1. The molecule has 0 aromatic carbocycles. The molecule has 2 heteroatoms. The molecule has 0 aliphatic rings. The molecule has 1 nitrogen and oxygen atoms in total. The zero-order valence-corrected chi connectivity index (χ0v) is 7.28. The lowest BCUT2D eigenvalue weighted by Crippen LogP contribution is -1.95. The van der Waals surface area contributed by atoms with E-state index in [0.717, 1.165) is 6.42 Å². The highest BCUT2D eigenvalue weighted by Gasteiger charge is 1.96. The Hall–Kier alpha value is -0.300. The molecule has 0 bridgehead atoms. The lowest BCUT2D eigenvalue weighted by Gasteiger charge is -2.02. The van der Waals surface area contributed by atoms with E-state index < -0.39 is 0 Å². The topological polar surface area (TPSA) is 23.9 Å². The van der Waals surface area contributed by atoms with E-state index in [2.05, 4.69) is 6.92 Å². The lowest BCUT2D eigenvalue weighted by atomic mass is 10.1.